The van der Waals surface area contributed by atoms with E-state index in [0.717, 1.165) is 52.1 Å². The van der Waals surface area contributed by atoms with Crippen LogP contribution < -0.4 is 15.0 Å². The van der Waals surface area contributed by atoms with Crippen molar-refractivity contribution in [3.63, 3.8) is 0 Å². The SMILES string of the molecule is COc1ccc(CN2Cc3c(-c4ccccc4Cl)cc(C4CCC(O)(CNC(C)C)CC4)cc3N(c3c(Cl)cccc3Cl)C2=O)cc1. The molecule has 2 aliphatic rings. The average Bonchev–Trinajstić information content (AvgIpc) is 3.06. The summed E-state index contributed by atoms with van der Waals surface area (Å²) in [6.45, 7) is 5.49. The third kappa shape index (κ3) is 7.13. The van der Waals surface area contributed by atoms with Crippen LogP contribution in [0.15, 0.2) is 78.9 Å². The van der Waals surface area contributed by atoms with Gasteiger partial charge in [-0.3, -0.25) is 4.90 Å². The Morgan fingerprint density at radius 1 is 0.915 bits per heavy atom. The van der Waals surface area contributed by atoms with Gasteiger partial charge in [0, 0.05) is 35.3 Å². The highest BCUT2D eigenvalue weighted by Gasteiger charge is 2.38. The monoisotopic (exact) mass is 691 g/mol. The number of fused-ring (bicyclic) bond motifs is 1. The molecule has 47 heavy (non-hydrogen) atoms. The number of anilines is 2. The zero-order valence-electron chi connectivity index (χ0n) is 26.9. The Bertz CT molecular complexity index is 1730. The normalized spacial score (nSPS) is 19.7. The van der Waals surface area contributed by atoms with Crippen LogP contribution in [0.25, 0.3) is 11.1 Å². The van der Waals surface area contributed by atoms with E-state index in [-0.39, 0.29) is 11.9 Å². The molecule has 0 saturated heterocycles. The lowest BCUT2D eigenvalue weighted by molar-refractivity contribution is -0.00136. The van der Waals surface area contributed by atoms with E-state index in [0.29, 0.717) is 59.3 Å². The number of hydrogen-bond donors (Lipinski definition) is 2. The maximum Gasteiger partial charge on any atom is 0.329 e. The number of carbonyl (C=O) groups is 1. The Morgan fingerprint density at radius 2 is 1.57 bits per heavy atom. The Morgan fingerprint density at radius 3 is 2.21 bits per heavy atom. The Balaban J connectivity index is 1.48. The van der Waals surface area contributed by atoms with Gasteiger partial charge in [-0.2, -0.15) is 0 Å². The minimum atomic E-state index is -0.740. The number of ether oxygens (including phenoxy) is 1. The number of aliphatic hydroxyl groups is 1. The lowest BCUT2D eigenvalue weighted by Crippen LogP contribution is -2.45. The third-order valence-corrected chi connectivity index (χ3v) is 10.3. The van der Waals surface area contributed by atoms with E-state index >= 15 is 0 Å². The summed E-state index contributed by atoms with van der Waals surface area (Å²) in [5, 5.41) is 16.1. The van der Waals surface area contributed by atoms with Crippen molar-refractivity contribution in [2.24, 2.45) is 0 Å². The predicted octanol–water partition coefficient (Wildman–Crippen LogP) is 9.98. The second-order valence-corrected chi connectivity index (χ2v) is 14.2. The van der Waals surface area contributed by atoms with Gasteiger partial charge in [-0.05, 0) is 84.7 Å². The molecule has 2 amide bonds. The van der Waals surface area contributed by atoms with Gasteiger partial charge in [-0.25, -0.2) is 4.79 Å². The molecule has 9 heteroatoms. The van der Waals surface area contributed by atoms with Crippen molar-refractivity contribution in [3.05, 3.63) is 111 Å². The van der Waals surface area contributed by atoms with Crippen LogP contribution in [0.5, 0.6) is 5.75 Å². The molecule has 0 atom stereocenters. The fourth-order valence-corrected chi connectivity index (χ4v) is 7.56. The van der Waals surface area contributed by atoms with Gasteiger partial charge in [0.25, 0.3) is 0 Å². The zero-order valence-corrected chi connectivity index (χ0v) is 29.2. The fourth-order valence-electron chi connectivity index (χ4n) is 6.76. The number of rotatable bonds is 9. The third-order valence-electron chi connectivity index (χ3n) is 9.39. The molecule has 246 valence electrons. The number of nitrogens with zero attached hydrogens (tertiary/aromatic N) is 2. The summed E-state index contributed by atoms with van der Waals surface area (Å²) in [5.41, 5.74) is 5.32. The number of hydrogen-bond acceptors (Lipinski definition) is 4. The molecule has 1 aliphatic carbocycles. The van der Waals surface area contributed by atoms with Crippen molar-refractivity contribution < 1.29 is 14.6 Å². The number of methoxy groups -OCH3 is 1. The summed E-state index contributed by atoms with van der Waals surface area (Å²) >= 11 is 20.5. The standard InChI is InChI=1S/C38H40Cl3N3O3/c1-24(2)42-23-38(46)17-15-26(16-18-38)27-19-30(29-7-4-5-8-32(29)39)31-22-43(21-25-11-13-28(47-3)14-12-25)37(45)44(35(31)20-27)36-33(40)9-6-10-34(36)41/h4-14,19-20,24,26,42,46H,15-18,21-23H2,1-3H3. The molecule has 0 unspecified atom stereocenters. The number of benzene rings is 4. The molecule has 0 bridgehead atoms. The van der Waals surface area contributed by atoms with Gasteiger partial charge in [-0.15, -0.1) is 0 Å². The van der Waals surface area contributed by atoms with Gasteiger partial charge >= 0.3 is 6.03 Å². The van der Waals surface area contributed by atoms with Crippen molar-refractivity contribution in [2.45, 2.75) is 70.2 Å². The first kappa shape index (κ1) is 33.6. The molecule has 4 aromatic rings. The van der Waals surface area contributed by atoms with Crippen molar-refractivity contribution >= 4 is 52.2 Å². The van der Waals surface area contributed by atoms with Crippen LogP contribution in [0.2, 0.25) is 15.1 Å². The van der Waals surface area contributed by atoms with Gasteiger partial charge in [0.2, 0.25) is 0 Å². The molecule has 1 aliphatic heterocycles. The minimum absolute atomic E-state index is 0.192. The number of urea groups is 1. The van der Waals surface area contributed by atoms with Crippen molar-refractivity contribution in [2.75, 3.05) is 18.6 Å². The quantitative estimate of drug-likeness (QED) is 0.183. The number of amides is 2. The summed E-state index contributed by atoms with van der Waals surface area (Å²) in [7, 11) is 1.63. The molecular weight excluding hydrogens is 653 g/mol. The first-order valence-electron chi connectivity index (χ1n) is 16.1. The maximum absolute atomic E-state index is 14.6. The minimum Gasteiger partial charge on any atom is -0.497 e. The topological polar surface area (TPSA) is 65.0 Å². The molecule has 1 fully saturated rings. The zero-order chi connectivity index (χ0) is 33.3. The van der Waals surface area contributed by atoms with Crippen LogP contribution in [-0.4, -0.2) is 41.3 Å². The number of nitrogens with one attached hydrogen (secondary N) is 1. The van der Waals surface area contributed by atoms with Gasteiger partial charge in [-0.1, -0.05) is 91.1 Å². The predicted molar refractivity (Wildman–Crippen MR) is 192 cm³/mol. The highest BCUT2D eigenvalue weighted by molar-refractivity contribution is 6.40. The van der Waals surface area contributed by atoms with Crippen molar-refractivity contribution in [1.29, 1.82) is 0 Å². The Labute approximate surface area is 292 Å². The fraction of sp³-hybridized carbons (Fsp3) is 0.342. The van der Waals surface area contributed by atoms with Crippen LogP contribution >= 0.6 is 34.8 Å². The molecule has 0 spiro atoms. The van der Waals surface area contributed by atoms with E-state index in [2.05, 4.69) is 31.3 Å². The van der Waals surface area contributed by atoms with E-state index in [9.17, 15) is 9.90 Å². The maximum atomic E-state index is 14.6. The molecule has 6 nitrogen and oxygen atoms in total. The highest BCUT2D eigenvalue weighted by Crippen LogP contribution is 2.49. The summed E-state index contributed by atoms with van der Waals surface area (Å²) in [5.74, 6) is 0.941. The van der Waals surface area contributed by atoms with Crippen LogP contribution in [0, 0.1) is 0 Å². The van der Waals surface area contributed by atoms with E-state index in [1.807, 2.05) is 53.4 Å². The van der Waals surface area contributed by atoms with Crippen LogP contribution in [0.1, 0.15) is 62.1 Å². The van der Waals surface area contributed by atoms with Crippen LogP contribution in [-0.2, 0) is 13.1 Å². The van der Waals surface area contributed by atoms with Gasteiger partial charge < -0.3 is 20.1 Å². The molecule has 4 aromatic carbocycles. The summed E-state index contributed by atoms with van der Waals surface area (Å²) in [6.07, 6.45) is 3.01. The Kier molecular flexibility index (Phi) is 10.1. The average molecular weight is 693 g/mol. The summed E-state index contributed by atoms with van der Waals surface area (Å²) < 4.78 is 5.35. The second-order valence-electron chi connectivity index (χ2n) is 13.0. The van der Waals surface area contributed by atoms with E-state index in [4.69, 9.17) is 39.5 Å². The molecule has 0 radical (unpaired) electrons. The molecule has 0 aromatic heterocycles. The Hall–Kier alpha value is -3.26. The number of carbonyl (C=O) groups excluding carboxylic acids is 1. The van der Waals surface area contributed by atoms with E-state index in [1.165, 1.54) is 0 Å². The summed E-state index contributed by atoms with van der Waals surface area (Å²) in [6, 6.07) is 25.3. The number of para-hydroxylation sites is 1. The molecular formula is C38H40Cl3N3O3. The van der Waals surface area contributed by atoms with Crippen molar-refractivity contribution in [3.8, 4) is 16.9 Å². The van der Waals surface area contributed by atoms with Gasteiger partial charge in [0.1, 0.15) is 5.75 Å². The molecule has 6 rings (SSSR count). The second kappa shape index (κ2) is 14.1. The molecule has 1 heterocycles. The van der Waals surface area contributed by atoms with E-state index in [1.54, 1.807) is 30.2 Å². The largest absolute Gasteiger partial charge is 0.497 e. The van der Waals surface area contributed by atoms with Crippen molar-refractivity contribution in [1.82, 2.24) is 10.2 Å². The van der Waals surface area contributed by atoms with Gasteiger partial charge in [0.15, 0.2) is 0 Å². The van der Waals surface area contributed by atoms with Crippen LogP contribution in [0.4, 0.5) is 16.2 Å². The summed E-state index contributed by atoms with van der Waals surface area (Å²) in [4.78, 5) is 18.1. The molecule has 2 N–H and O–H groups in total. The lowest BCUT2D eigenvalue weighted by Gasteiger charge is -2.40. The first-order valence-corrected chi connectivity index (χ1v) is 17.2. The highest BCUT2D eigenvalue weighted by atomic mass is 35.5. The van der Waals surface area contributed by atoms with Gasteiger partial charge in [0.05, 0.1) is 40.7 Å². The lowest BCUT2D eigenvalue weighted by atomic mass is 9.75. The first-order chi connectivity index (χ1) is 22.6. The van der Waals surface area contributed by atoms with E-state index < -0.39 is 5.60 Å². The molecule has 1 saturated carbocycles. The van der Waals surface area contributed by atoms with Crippen LogP contribution in [0.3, 0.4) is 0 Å². The smallest absolute Gasteiger partial charge is 0.329 e. The number of halogens is 3.